The van der Waals surface area contributed by atoms with Gasteiger partial charge >= 0.3 is 5.97 Å². The van der Waals surface area contributed by atoms with Crippen LogP contribution in [0.4, 0.5) is 0 Å². The Labute approximate surface area is 130 Å². The molecule has 0 radical (unpaired) electrons. The lowest BCUT2D eigenvalue weighted by molar-refractivity contribution is 0.0696. The number of hydrogen-bond acceptors (Lipinski definition) is 2. The second-order valence-corrected chi connectivity index (χ2v) is 5.44. The van der Waals surface area contributed by atoms with Gasteiger partial charge in [0.15, 0.2) is 0 Å². The maximum absolute atomic E-state index is 11.9. The smallest absolute Gasteiger partial charge is 0.335 e. The summed E-state index contributed by atoms with van der Waals surface area (Å²) in [6.45, 7) is 0.453. The van der Waals surface area contributed by atoms with Gasteiger partial charge in [-0.15, -0.1) is 0 Å². The van der Waals surface area contributed by atoms with E-state index in [1.807, 2.05) is 12.1 Å². The third kappa shape index (κ3) is 4.43. The number of rotatable bonds is 5. The van der Waals surface area contributed by atoms with Gasteiger partial charge in [0.1, 0.15) is 0 Å². The summed E-state index contributed by atoms with van der Waals surface area (Å²) in [5, 5.41) is 11.7. The molecule has 5 heteroatoms. The Balaban J connectivity index is 1.91. The summed E-state index contributed by atoms with van der Waals surface area (Å²) < 4.78 is 0.851. The highest BCUT2D eigenvalue weighted by Gasteiger charge is 2.06. The van der Waals surface area contributed by atoms with Crippen molar-refractivity contribution in [2.75, 3.05) is 6.54 Å². The van der Waals surface area contributed by atoms with Gasteiger partial charge in [-0.25, -0.2) is 4.79 Å². The van der Waals surface area contributed by atoms with E-state index < -0.39 is 5.97 Å². The van der Waals surface area contributed by atoms with E-state index in [0.29, 0.717) is 18.5 Å². The highest BCUT2D eigenvalue weighted by Crippen LogP contribution is 2.11. The normalized spacial score (nSPS) is 10.1. The Morgan fingerprint density at radius 2 is 1.76 bits per heavy atom. The summed E-state index contributed by atoms with van der Waals surface area (Å²) in [7, 11) is 0. The van der Waals surface area contributed by atoms with Gasteiger partial charge in [0, 0.05) is 16.6 Å². The number of nitrogens with one attached hydrogen (secondary N) is 1. The van der Waals surface area contributed by atoms with Crippen LogP contribution < -0.4 is 5.32 Å². The predicted octanol–water partition coefficient (Wildman–Crippen LogP) is 3.12. The molecule has 0 heterocycles. The Hall–Kier alpha value is -2.14. The number of hydrogen-bond donors (Lipinski definition) is 2. The number of halogens is 1. The molecule has 0 fully saturated rings. The lowest BCUT2D eigenvalue weighted by atomic mass is 10.1. The van der Waals surface area contributed by atoms with E-state index in [0.717, 1.165) is 10.0 Å². The number of aromatic carboxylic acids is 1. The third-order valence-electron chi connectivity index (χ3n) is 2.96. The summed E-state index contributed by atoms with van der Waals surface area (Å²) >= 11 is 3.32. The topological polar surface area (TPSA) is 66.4 Å². The SMILES string of the molecule is O=C(O)c1cccc(CCNC(=O)c2cccc(Br)c2)c1. The van der Waals surface area contributed by atoms with Crippen molar-refractivity contribution in [3.8, 4) is 0 Å². The largest absolute Gasteiger partial charge is 0.478 e. The first-order chi connectivity index (χ1) is 10.1. The van der Waals surface area contributed by atoms with Crippen LogP contribution >= 0.6 is 15.9 Å². The molecular weight excluding hydrogens is 334 g/mol. The first-order valence-corrected chi connectivity index (χ1v) is 7.21. The second-order valence-electron chi connectivity index (χ2n) is 4.52. The standard InChI is InChI=1S/C16H14BrNO3/c17-14-6-2-4-12(10-14)15(19)18-8-7-11-3-1-5-13(9-11)16(20)21/h1-6,9-10H,7-8H2,(H,18,19)(H,20,21). The summed E-state index contributed by atoms with van der Waals surface area (Å²) in [6, 6.07) is 13.9. The third-order valence-corrected chi connectivity index (χ3v) is 3.45. The minimum absolute atomic E-state index is 0.148. The maximum atomic E-state index is 11.9. The van der Waals surface area contributed by atoms with Gasteiger partial charge in [-0.2, -0.15) is 0 Å². The van der Waals surface area contributed by atoms with E-state index >= 15 is 0 Å². The van der Waals surface area contributed by atoms with E-state index in [1.54, 1.807) is 36.4 Å². The fourth-order valence-corrected chi connectivity index (χ4v) is 2.31. The minimum atomic E-state index is -0.949. The van der Waals surface area contributed by atoms with Crippen molar-refractivity contribution >= 4 is 27.8 Å². The van der Waals surface area contributed by atoms with Crippen LogP contribution in [0.25, 0.3) is 0 Å². The molecule has 4 nitrogen and oxygen atoms in total. The van der Waals surface area contributed by atoms with Crippen LogP contribution in [0.1, 0.15) is 26.3 Å². The van der Waals surface area contributed by atoms with Gasteiger partial charge < -0.3 is 10.4 Å². The quantitative estimate of drug-likeness (QED) is 0.873. The molecule has 0 atom stereocenters. The van der Waals surface area contributed by atoms with Crippen LogP contribution in [0.5, 0.6) is 0 Å². The van der Waals surface area contributed by atoms with Crippen molar-refractivity contribution < 1.29 is 14.7 Å². The van der Waals surface area contributed by atoms with Crippen LogP contribution in [0.15, 0.2) is 53.0 Å². The zero-order valence-corrected chi connectivity index (χ0v) is 12.8. The van der Waals surface area contributed by atoms with Crippen LogP contribution in [0.2, 0.25) is 0 Å². The first kappa shape index (κ1) is 15.3. The predicted molar refractivity (Wildman–Crippen MR) is 83.6 cm³/mol. The van der Waals surface area contributed by atoms with Crippen molar-refractivity contribution in [1.29, 1.82) is 0 Å². The molecule has 0 aromatic heterocycles. The molecule has 0 saturated heterocycles. The molecular formula is C16H14BrNO3. The fraction of sp³-hybridized carbons (Fsp3) is 0.125. The zero-order chi connectivity index (χ0) is 15.2. The van der Waals surface area contributed by atoms with E-state index in [9.17, 15) is 9.59 Å². The number of carbonyl (C=O) groups is 2. The van der Waals surface area contributed by atoms with Crippen LogP contribution in [0.3, 0.4) is 0 Å². The molecule has 0 aliphatic rings. The molecule has 0 unspecified atom stereocenters. The van der Waals surface area contributed by atoms with Gasteiger partial charge in [0.25, 0.3) is 5.91 Å². The van der Waals surface area contributed by atoms with Gasteiger partial charge in [-0.05, 0) is 42.3 Å². The average molecular weight is 348 g/mol. The highest BCUT2D eigenvalue weighted by molar-refractivity contribution is 9.10. The van der Waals surface area contributed by atoms with Crippen molar-refractivity contribution in [3.63, 3.8) is 0 Å². The van der Waals surface area contributed by atoms with Gasteiger partial charge in [-0.1, -0.05) is 34.1 Å². The van der Waals surface area contributed by atoms with Crippen molar-refractivity contribution in [1.82, 2.24) is 5.32 Å². The fourth-order valence-electron chi connectivity index (χ4n) is 1.91. The molecule has 1 amide bonds. The number of benzene rings is 2. The summed E-state index contributed by atoms with van der Waals surface area (Å²) in [5.41, 5.74) is 1.72. The lowest BCUT2D eigenvalue weighted by Crippen LogP contribution is -2.25. The Morgan fingerprint density at radius 3 is 2.48 bits per heavy atom. The number of carbonyl (C=O) groups excluding carboxylic acids is 1. The molecule has 108 valence electrons. The highest BCUT2D eigenvalue weighted by atomic mass is 79.9. The molecule has 0 saturated carbocycles. The molecule has 0 spiro atoms. The molecule has 0 aliphatic carbocycles. The Kier molecular flexibility index (Phi) is 5.11. The van der Waals surface area contributed by atoms with Gasteiger partial charge in [0.2, 0.25) is 0 Å². The van der Waals surface area contributed by atoms with Crippen LogP contribution in [-0.4, -0.2) is 23.5 Å². The van der Waals surface area contributed by atoms with E-state index in [1.165, 1.54) is 0 Å². The molecule has 0 aliphatic heterocycles. The second kappa shape index (κ2) is 7.04. The zero-order valence-electron chi connectivity index (χ0n) is 11.2. The van der Waals surface area contributed by atoms with Gasteiger partial charge in [-0.3, -0.25) is 4.79 Å². The average Bonchev–Trinajstić information content (AvgIpc) is 2.47. The monoisotopic (exact) mass is 347 g/mol. The van der Waals surface area contributed by atoms with Gasteiger partial charge in [0.05, 0.1) is 5.56 Å². The first-order valence-electron chi connectivity index (χ1n) is 6.42. The lowest BCUT2D eigenvalue weighted by Gasteiger charge is -2.06. The number of amides is 1. The Bertz CT molecular complexity index is 670. The summed E-state index contributed by atoms with van der Waals surface area (Å²) in [4.78, 5) is 22.8. The van der Waals surface area contributed by atoms with E-state index in [-0.39, 0.29) is 11.5 Å². The number of carboxylic acids is 1. The Morgan fingerprint density at radius 1 is 1.05 bits per heavy atom. The van der Waals surface area contributed by atoms with Crippen LogP contribution in [0, 0.1) is 0 Å². The van der Waals surface area contributed by atoms with Crippen molar-refractivity contribution in [3.05, 3.63) is 69.7 Å². The molecule has 21 heavy (non-hydrogen) atoms. The molecule has 2 aromatic carbocycles. The van der Waals surface area contributed by atoms with Crippen molar-refractivity contribution in [2.45, 2.75) is 6.42 Å². The van der Waals surface area contributed by atoms with Crippen molar-refractivity contribution in [2.24, 2.45) is 0 Å². The maximum Gasteiger partial charge on any atom is 0.335 e. The molecule has 2 N–H and O–H groups in total. The summed E-state index contributed by atoms with van der Waals surface area (Å²) in [5.74, 6) is -1.10. The summed E-state index contributed by atoms with van der Waals surface area (Å²) in [6.07, 6.45) is 0.584. The van der Waals surface area contributed by atoms with E-state index in [4.69, 9.17) is 5.11 Å². The molecule has 2 aromatic rings. The molecule has 0 bridgehead atoms. The van der Waals surface area contributed by atoms with Crippen LogP contribution in [-0.2, 0) is 6.42 Å². The minimum Gasteiger partial charge on any atom is -0.478 e. The van der Waals surface area contributed by atoms with E-state index in [2.05, 4.69) is 21.2 Å². The number of carboxylic acid groups (broad SMARTS) is 1. The molecule has 2 rings (SSSR count).